The summed E-state index contributed by atoms with van der Waals surface area (Å²) in [6.07, 6.45) is 1.52. The zero-order valence-electron chi connectivity index (χ0n) is 17.8. The summed E-state index contributed by atoms with van der Waals surface area (Å²) >= 11 is 7.13. The Morgan fingerprint density at radius 2 is 1.94 bits per heavy atom. The van der Waals surface area contributed by atoms with E-state index < -0.39 is 5.25 Å². The average molecular weight is 481 g/mol. The monoisotopic (exact) mass is 480 g/mol. The molecule has 1 atom stereocenters. The largest absolute Gasteiger partial charge is 0.457 e. The summed E-state index contributed by atoms with van der Waals surface area (Å²) in [5.41, 5.74) is 0.593. The van der Waals surface area contributed by atoms with Gasteiger partial charge in [0.1, 0.15) is 16.7 Å². The number of aliphatic imine (C=N–C) groups is 1. The number of hydrogen-bond donors (Lipinski definition) is 1. The molecule has 168 valence electrons. The summed E-state index contributed by atoms with van der Waals surface area (Å²) in [6, 6.07) is 19.9. The van der Waals surface area contributed by atoms with Crippen molar-refractivity contribution in [3.8, 4) is 11.5 Å². The fourth-order valence-electron chi connectivity index (χ4n) is 3.19. The van der Waals surface area contributed by atoms with Crippen molar-refractivity contribution in [3.63, 3.8) is 0 Å². The number of nitrogens with zero attached hydrogens (tertiary/aromatic N) is 3. The van der Waals surface area contributed by atoms with Crippen LogP contribution in [-0.4, -0.2) is 38.7 Å². The third-order valence-corrected chi connectivity index (χ3v) is 6.12. The van der Waals surface area contributed by atoms with Crippen molar-refractivity contribution in [1.29, 1.82) is 0 Å². The van der Waals surface area contributed by atoms with E-state index in [1.807, 2.05) is 43.3 Å². The molecule has 0 radical (unpaired) electrons. The van der Waals surface area contributed by atoms with Gasteiger partial charge in [-0.3, -0.25) is 14.5 Å². The van der Waals surface area contributed by atoms with Crippen molar-refractivity contribution in [2.24, 2.45) is 4.99 Å². The Bertz CT molecular complexity index is 1170. The summed E-state index contributed by atoms with van der Waals surface area (Å²) in [5.74, 6) is 1.35. The first kappa shape index (κ1) is 22.8. The van der Waals surface area contributed by atoms with E-state index in [2.05, 4.69) is 15.3 Å². The van der Waals surface area contributed by atoms with Crippen molar-refractivity contribution in [3.05, 3.63) is 77.9 Å². The molecule has 2 heterocycles. The lowest BCUT2D eigenvalue weighted by molar-refractivity contribution is -0.128. The number of carbonyl (C=O) groups is 2. The number of amidine groups is 1. The molecule has 33 heavy (non-hydrogen) atoms. The Kier molecular flexibility index (Phi) is 7.26. The first-order chi connectivity index (χ1) is 16.0. The molecule has 1 saturated heterocycles. The number of amides is 2. The lowest BCUT2D eigenvalue weighted by Gasteiger charge is -2.13. The molecule has 1 aromatic heterocycles. The highest BCUT2D eigenvalue weighted by Gasteiger charge is 2.38. The van der Waals surface area contributed by atoms with Gasteiger partial charge in [0.25, 0.3) is 0 Å². The van der Waals surface area contributed by atoms with Crippen LogP contribution in [0.2, 0.25) is 5.02 Å². The van der Waals surface area contributed by atoms with Gasteiger partial charge in [-0.1, -0.05) is 47.6 Å². The average Bonchev–Trinajstić information content (AvgIpc) is 3.09. The normalized spacial score (nSPS) is 16.8. The van der Waals surface area contributed by atoms with Gasteiger partial charge in [0.15, 0.2) is 11.0 Å². The number of anilines is 1. The molecule has 7 nitrogen and oxygen atoms in total. The molecule has 0 bridgehead atoms. The van der Waals surface area contributed by atoms with E-state index in [1.54, 1.807) is 35.2 Å². The maximum atomic E-state index is 12.8. The maximum absolute atomic E-state index is 12.8. The van der Waals surface area contributed by atoms with Crippen LogP contribution >= 0.6 is 23.4 Å². The Balaban J connectivity index is 1.40. The summed E-state index contributed by atoms with van der Waals surface area (Å²) in [5, 5.41) is 3.32. The van der Waals surface area contributed by atoms with Gasteiger partial charge in [0.05, 0.1) is 5.02 Å². The molecule has 2 amide bonds. The Hall–Kier alpha value is -3.36. The molecule has 0 saturated carbocycles. The van der Waals surface area contributed by atoms with Crippen LogP contribution in [0.15, 0.2) is 77.9 Å². The van der Waals surface area contributed by atoms with Crippen molar-refractivity contribution in [2.75, 3.05) is 11.9 Å². The molecule has 0 spiro atoms. The second kappa shape index (κ2) is 10.5. The van der Waals surface area contributed by atoms with Crippen LogP contribution in [0.1, 0.15) is 13.3 Å². The van der Waals surface area contributed by atoms with Gasteiger partial charge in [-0.15, -0.1) is 0 Å². The molecule has 1 aliphatic rings. The third-order valence-electron chi connectivity index (χ3n) is 4.73. The summed E-state index contributed by atoms with van der Waals surface area (Å²) in [7, 11) is 0. The maximum Gasteiger partial charge on any atom is 0.242 e. The SMILES string of the molecule is CCN1C(=O)C(CC(=O)Nc2cccc(Oc3ccccc3)c2)SC1=Nc1ccc(Cl)cn1. The molecular formula is C24H21ClN4O3S. The topological polar surface area (TPSA) is 83.9 Å². The zero-order chi connectivity index (χ0) is 23.2. The predicted octanol–water partition coefficient (Wildman–Crippen LogP) is 5.51. The van der Waals surface area contributed by atoms with Gasteiger partial charge in [0, 0.05) is 30.9 Å². The number of nitrogens with one attached hydrogen (secondary N) is 1. The van der Waals surface area contributed by atoms with E-state index in [0.29, 0.717) is 39.7 Å². The minimum atomic E-state index is -0.556. The Morgan fingerprint density at radius 1 is 1.15 bits per heavy atom. The number of hydrogen-bond acceptors (Lipinski definition) is 6. The lowest BCUT2D eigenvalue weighted by Crippen LogP contribution is -2.33. The molecule has 9 heteroatoms. The van der Waals surface area contributed by atoms with Gasteiger partial charge < -0.3 is 10.1 Å². The fourth-order valence-corrected chi connectivity index (χ4v) is 4.51. The van der Waals surface area contributed by atoms with E-state index in [0.717, 1.165) is 0 Å². The predicted molar refractivity (Wildman–Crippen MR) is 131 cm³/mol. The van der Waals surface area contributed by atoms with E-state index in [9.17, 15) is 9.59 Å². The van der Waals surface area contributed by atoms with Crippen molar-refractivity contribution >= 4 is 51.9 Å². The molecule has 1 unspecified atom stereocenters. The van der Waals surface area contributed by atoms with E-state index >= 15 is 0 Å². The van der Waals surface area contributed by atoms with Crippen LogP contribution in [0.5, 0.6) is 11.5 Å². The molecule has 3 aromatic rings. The van der Waals surface area contributed by atoms with Crippen LogP contribution in [-0.2, 0) is 9.59 Å². The minimum Gasteiger partial charge on any atom is -0.457 e. The van der Waals surface area contributed by atoms with Gasteiger partial charge >= 0.3 is 0 Å². The molecular weight excluding hydrogens is 460 g/mol. The number of thioether (sulfide) groups is 1. The Morgan fingerprint density at radius 3 is 2.67 bits per heavy atom. The van der Waals surface area contributed by atoms with Gasteiger partial charge in [0.2, 0.25) is 11.8 Å². The number of ether oxygens (including phenoxy) is 1. The van der Waals surface area contributed by atoms with E-state index in [4.69, 9.17) is 16.3 Å². The number of benzene rings is 2. The first-order valence-corrected chi connectivity index (χ1v) is 11.6. The second-order valence-electron chi connectivity index (χ2n) is 7.11. The van der Waals surface area contributed by atoms with Gasteiger partial charge in [-0.05, 0) is 43.3 Å². The van der Waals surface area contributed by atoms with Crippen LogP contribution in [0.4, 0.5) is 11.5 Å². The molecule has 1 aliphatic heterocycles. The minimum absolute atomic E-state index is 0.0246. The summed E-state index contributed by atoms with van der Waals surface area (Å²) in [4.78, 5) is 35.7. The quantitative estimate of drug-likeness (QED) is 0.482. The molecule has 0 aliphatic carbocycles. The zero-order valence-corrected chi connectivity index (χ0v) is 19.3. The van der Waals surface area contributed by atoms with Gasteiger partial charge in [-0.25, -0.2) is 9.98 Å². The molecule has 2 aromatic carbocycles. The number of rotatable bonds is 7. The number of halogens is 1. The number of carbonyl (C=O) groups excluding carboxylic acids is 2. The fraction of sp³-hybridized carbons (Fsp3) is 0.167. The molecule has 4 rings (SSSR count). The van der Waals surface area contributed by atoms with Crippen molar-refractivity contribution in [2.45, 2.75) is 18.6 Å². The number of para-hydroxylation sites is 1. The van der Waals surface area contributed by atoms with Crippen molar-refractivity contribution in [1.82, 2.24) is 9.88 Å². The standard InChI is InChI=1S/C24H21ClN4O3S/c1-2-29-23(31)20(33-24(29)28-21-12-11-16(25)15-26-21)14-22(30)27-17-7-6-10-19(13-17)32-18-8-4-3-5-9-18/h3-13,15,20H,2,14H2,1H3,(H,27,30). The second-order valence-corrected chi connectivity index (χ2v) is 8.72. The highest BCUT2D eigenvalue weighted by molar-refractivity contribution is 8.15. The lowest BCUT2D eigenvalue weighted by atomic mass is 10.2. The number of pyridine rings is 1. The van der Waals surface area contributed by atoms with E-state index in [-0.39, 0.29) is 18.2 Å². The molecule has 1 fully saturated rings. The van der Waals surface area contributed by atoms with Crippen LogP contribution in [0, 0.1) is 0 Å². The summed E-state index contributed by atoms with van der Waals surface area (Å²) in [6.45, 7) is 2.32. The van der Waals surface area contributed by atoms with Crippen LogP contribution in [0.3, 0.4) is 0 Å². The van der Waals surface area contributed by atoms with E-state index in [1.165, 1.54) is 18.0 Å². The van der Waals surface area contributed by atoms with Crippen LogP contribution in [0.25, 0.3) is 0 Å². The number of aromatic nitrogens is 1. The van der Waals surface area contributed by atoms with Gasteiger partial charge in [-0.2, -0.15) is 0 Å². The highest BCUT2D eigenvalue weighted by Crippen LogP contribution is 2.32. The van der Waals surface area contributed by atoms with Crippen LogP contribution < -0.4 is 10.1 Å². The first-order valence-electron chi connectivity index (χ1n) is 10.3. The summed E-state index contributed by atoms with van der Waals surface area (Å²) < 4.78 is 5.81. The third kappa shape index (κ3) is 5.91. The van der Waals surface area contributed by atoms with Crippen molar-refractivity contribution < 1.29 is 14.3 Å². The Labute approximate surface area is 200 Å². The molecule has 1 N–H and O–H groups in total. The smallest absolute Gasteiger partial charge is 0.242 e. The highest BCUT2D eigenvalue weighted by atomic mass is 35.5.